The average molecular weight is 140 g/mol. The summed E-state index contributed by atoms with van der Waals surface area (Å²) in [6.45, 7) is 4.39. The van der Waals surface area contributed by atoms with Crippen LogP contribution in [0.1, 0.15) is 26.2 Å². The molecule has 58 valence electrons. The molecule has 0 spiro atoms. The van der Waals surface area contributed by atoms with E-state index in [2.05, 4.69) is 29.6 Å². The lowest BCUT2D eigenvalue weighted by molar-refractivity contribution is 0.299. The Kier molecular flexibility index (Phi) is 3.30. The van der Waals surface area contributed by atoms with E-state index < -0.39 is 0 Å². The normalized spacial score (nSPS) is 16.7. The van der Waals surface area contributed by atoms with Crippen molar-refractivity contribution in [2.75, 3.05) is 13.1 Å². The molecule has 0 aromatic carbocycles. The van der Waals surface area contributed by atoms with Gasteiger partial charge in [0.15, 0.2) is 0 Å². The lowest BCUT2D eigenvalue weighted by Gasteiger charge is -2.14. The first kappa shape index (κ1) is 7.61. The molecule has 1 N–H and O–H groups in total. The number of nitrogens with zero attached hydrogens (tertiary/aromatic N) is 1. The van der Waals surface area contributed by atoms with Crippen molar-refractivity contribution in [3.05, 3.63) is 12.3 Å². The summed E-state index contributed by atoms with van der Waals surface area (Å²) in [6.07, 6.45) is 8.21. The van der Waals surface area contributed by atoms with E-state index in [1.807, 2.05) is 0 Å². The van der Waals surface area contributed by atoms with Crippen LogP contribution in [0.4, 0.5) is 0 Å². The topological polar surface area (TPSA) is 15.3 Å². The van der Waals surface area contributed by atoms with Crippen molar-refractivity contribution in [1.29, 1.82) is 0 Å². The summed E-state index contributed by atoms with van der Waals surface area (Å²) >= 11 is 0. The molecule has 1 aliphatic rings. The second-order valence-corrected chi connectivity index (χ2v) is 2.65. The Balaban J connectivity index is 1.97. The molecule has 0 saturated carbocycles. The number of hydrogen-bond acceptors (Lipinski definition) is 2. The van der Waals surface area contributed by atoms with Gasteiger partial charge in [0.2, 0.25) is 0 Å². The van der Waals surface area contributed by atoms with Crippen LogP contribution in [0.3, 0.4) is 0 Å². The van der Waals surface area contributed by atoms with E-state index in [-0.39, 0.29) is 0 Å². The molecular weight excluding hydrogens is 124 g/mol. The molecule has 0 radical (unpaired) electrons. The van der Waals surface area contributed by atoms with Crippen LogP contribution in [-0.2, 0) is 0 Å². The van der Waals surface area contributed by atoms with Crippen LogP contribution in [0.25, 0.3) is 0 Å². The molecule has 1 heterocycles. The second kappa shape index (κ2) is 4.34. The monoisotopic (exact) mass is 140 g/mol. The van der Waals surface area contributed by atoms with E-state index in [0.29, 0.717) is 0 Å². The Labute approximate surface area is 62.9 Å². The van der Waals surface area contributed by atoms with Gasteiger partial charge in [0.25, 0.3) is 0 Å². The Morgan fingerprint density at radius 2 is 2.40 bits per heavy atom. The van der Waals surface area contributed by atoms with Crippen LogP contribution in [0.2, 0.25) is 0 Å². The Morgan fingerprint density at radius 1 is 1.50 bits per heavy atom. The molecule has 2 heteroatoms. The first-order valence-corrected chi connectivity index (χ1v) is 4.10. The zero-order valence-corrected chi connectivity index (χ0v) is 6.64. The summed E-state index contributed by atoms with van der Waals surface area (Å²) in [5.41, 5.74) is 3.24. The van der Waals surface area contributed by atoms with E-state index >= 15 is 0 Å². The van der Waals surface area contributed by atoms with E-state index in [1.54, 1.807) is 0 Å². The van der Waals surface area contributed by atoms with Gasteiger partial charge in [0.1, 0.15) is 0 Å². The molecule has 1 aliphatic heterocycles. The van der Waals surface area contributed by atoms with Gasteiger partial charge in [-0.1, -0.05) is 25.8 Å². The summed E-state index contributed by atoms with van der Waals surface area (Å²) in [5.74, 6) is 0. The quantitative estimate of drug-likeness (QED) is 0.595. The van der Waals surface area contributed by atoms with Gasteiger partial charge in [-0.3, -0.25) is 0 Å². The average Bonchev–Trinajstić information content (AvgIpc) is 2.41. The minimum Gasteiger partial charge on any atom is -0.316 e. The number of nitrogens with one attached hydrogen (secondary N) is 1. The highest BCUT2D eigenvalue weighted by Crippen LogP contribution is 1.98. The van der Waals surface area contributed by atoms with Gasteiger partial charge in [-0.2, -0.15) is 0 Å². The molecule has 0 aromatic rings. The maximum Gasteiger partial charge on any atom is 0.0348 e. The van der Waals surface area contributed by atoms with Crippen LogP contribution in [0, 0.1) is 0 Å². The number of hydrazine groups is 1. The van der Waals surface area contributed by atoms with Gasteiger partial charge in [-0.25, -0.2) is 5.43 Å². The van der Waals surface area contributed by atoms with Crippen molar-refractivity contribution >= 4 is 0 Å². The molecule has 1 rings (SSSR count). The van der Waals surface area contributed by atoms with E-state index in [0.717, 1.165) is 13.1 Å². The summed E-state index contributed by atoms with van der Waals surface area (Å²) in [4.78, 5) is 0. The molecule has 0 saturated heterocycles. The van der Waals surface area contributed by atoms with Crippen molar-refractivity contribution in [3.63, 3.8) is 0 Å². The largest absolute Gasteiger partial charge is 0.316 e. The van der Waals surface area contributed by atoms with Gasteiger partial charge in [0.05, 0.1) is 0 Å². The van der Waals surface area contributed by atoms with E-state index in [4.69, 9.17) is 0 Å². The van der Waals surface area contributed by atoms with E-state index in [9.17, 15) is 0 Å². The molecule has 0 atom stereocenters. The van der Waals surface area contributed by atoms with Gasteiger partial charge >= 0.3 is 0 Å². The maximum atomic E-state index is 3.24. The highest BCUT2D eigenvalue weighted by Gasteiger charge is 2.00. The van der Waals surface area contributed by atoms with Crippen LogP contribution in [0.15, 0.2) is 12.3 Å². The fourth-order valence-electron chi connectivity index (χ4n) is 1.09. The number of unbranched alkanes of at least 4 members (excludes halogenated alkanes) is 2. The molecule has 2 nitrogen and oxygen atoms in total. The second-order valence-electron chi connectivity index (χ2n) is 2.65. The summed E-state index contributed by atoms with van der Waals surface area (Å²) in [5, 5.41) is 2.16. The lowest BCUT2D eigenvalue weighted by atomic mass is 10.2. The molecule has 0 unspecified atom stereocenters. The zero-order chi connectivity index (χ0) is 7.23. The third-order valence-corrected chi connectivity index (χ3v) is 1.70. The molecule has 0 aliphatic carbocycles. The Bertz CT molecular complexity index is 110. The van der Waals surface area contributed by atoms with Gasteiger partial charge in [-0.05, 0) is 6.42 Å². The molecule has 0 fully saturated rings. The fraction of sp³-hybridized carbons (Fsp3) is 0.750. The van der Waals surface area contributed by atoms with Gasteiger partial charge in [0, 0.05) is 19.3 Å². The lowest BCUT2D eigenvalue weighted by Crippen LogP contribution is -2.29. The molecule has 0 aromatic heterocycles. The third-order valence-electron chi connectivity index (χ3n) is 1.70. The van der Waals surface area contributed by atoms with Crippen molar-refractivity contribution in [2.45, 2.75) is 26.2 Å². The Hall–Kier alpha value is -0.500. The molecule has 0 bridgehead atoms. The summed E-state index contributed by atoms with van der Waals surface area (Å²) in [6, 6.07) is 0. The molecule has 0 amide bonds. The van der Waals surface area contributed by atoms with E-state index in [1.165, 1.54) is 19.3 Å². The maximum absolute atomic E-state index is 3.24. The summed E-state index contributed by atoms with van der Waals surface area (Å²) < 4.78 is 0. The molecule has 10 heavy (non-hydrogen) atoms. The minimum atomic E-state index is 1.01. The molecular formula is C8H16N2. The van der Waals surface area contributed by atoms with Crippen molar-refractivity contribution < 1.29 is 0 Å². The van der Waals surface area contributed by atoms with Crippen LogP contribution >= 0.6 is 0 Å². The first-order valence-electron chi connectivity index (χ1n) is 4.10. The highest BCUT2D eigenvalue weighted by atomic mass is 15.5. The van der Waals surface area contributed by atoms with Crippen LogP contribution in [0.5, 0.6) is 0 Å². The number of hydrogen-bond donors (Lipinski definition) is 1. The van der Waals surface area contributed by atoms with Crippen molar-refractivity contribution in [3.8, 4) is 0 Å². The highest BCUT2D eigenvalue weighted by molar-refractivity contribution is 4.88. The van der Waals surface area contributed by atoms with Crippen LogP contribution in [-0.4, -0.2) is 18.1 Å². The predicted octanol–water partition coefficient (Wildman–Crippen LogP) is 1.51. The number of rotatable bonds is 4. The standard InChI is InChI=1S/C8H16N2/c1-2-3-4-7-10-8-5-6-9-10/h5,8-9H,2-4,6-7H2,1H3. The first-order chi connectivity index (χ1) is 4.93. The minimum absolute atomic E-state index is 1.01. The Morgan fingerprint density at radius 3 is 3.00 bits per heavy atom. The summed E-state index contributed by atoms with van der Waals surface area (Å²) in [7, 11) is 0. The van der Waals surface area contributed by atoms with Crippen LogP contribution < -0.4 is 5.43 Å². The zero-order valence-electron chi connectivity index (χ0n) is 6.64. The third kappa shape index (κ3) is 2.40. The fourth-order valence-corrected chi connectivity index (χ4v) is 1.09. The van der Waals surface area contributed by atoms with Crippen molar-refractivity contribution in [1.82, 2.24) is 10.4 Å². The SMILES string of the molecule is CCCCCN1C=CCN1. The smallest absolute Gasteiger partial charge is 0.0348 e. The predicted molar refractivity (Wildman–Crippen MR) is 43.4 cm³/mol. The van der Waals surface area contributed by atoms with Gasteiger partial charge < -0.3 is 5.01 Å². The van der Waals surface area contributed by atoms with Gasteiger partial charge in [-0.15, -0.1) is 0 Å². The van der Waals surface area contributed by atoms with Crippen molar-refractivity contribution in [2.24, 2.45) is 0 Å².